The van der Waals surface area contributed by atoms with Crippen LogP contribution in [-0.4, -0.2) is 33.7 Å². The van der Waals surface area contributed by atoms with E-state index in [-0.39, 0.29) is 11.7 Å². The lowest BCUT2D eigenvalue weighted by Gasteiger charge is -2.31. The van der Waals surface area contributed by atoms with Crippen molar-refractivity contribution in [2.75, 3.05) is 13.1 Å². The number of amides is 1. The molecule has 0 N–H and O–H groups in total. The predicted molar refractivity (Wildman–Crippen MR) is 110 cm³/mol. The molecule has 3 heterocycles. The van der Waals surface area contributed by atoms with Crippen LogP contribution in [0, 0.1) is 18.7 Å². The molecular formula is C22H24FN3OS. The summed E-state index contributed by atoms with van der Waals surface area (Å²) in [6, 6.07) is 11.1. The number of likely N-dealkylation sites (tertiary alicyclic amines) is 1. The Morgan fingerprint density at radius 1 is 1.25 bits per heavy atom. The Bertz CT molecular complexity index is 972. The van der Waals surface area contributed by atoms with Crippen LogP contribution in [0.4, 0.5) is 4.39 Å². The molecule has 1 aliphatic rings. The van der Waals surface area contributed by atoms with Gasteiger partial charge in [0, 0.05) is 30.6 Å². The minimum Gasteiger partial charge on any atom is -0.337 e. The molecule has 4 nitrogen and oxygen atoms in total. The van der Waals surface area contributed by atoms with E-state index in [1.54, 1.807) is 23.7 Å². The van der Waals surface area contributed by atoms with Gasteiger partial charge in [-0.2, -0.15) is 5.10 Å². The number of hydrogen-bond donors (Lipinski definition) is 0. The van der Waals surface area contributed by atoms with Gasteiger partial charge in [-0.05, 0) is 73.4 Å². The molecule has 1 fully saturated rings. The first-order valence-electron chi connectivity index (χ1n) is 9.63. The number of carbonyl (C=O) groups is 1. The number of carbonyl (C=O) groups excluding carboxylic acids is 1. The minimum atomic E-state index is -0.229. The highest BCUT2D eigenvalue weighted by atomic mass is 32.1. The van der Waals surface area contributed by atoms with Crippen LogP contribution in [0.3, 0.4) is 0 Å². The maximum Gasteiger partial charge on any atom is 0.274 e. The molecule has 3 aromatic rings. The van der Waals surface area contributed by atoms with Gasteiger partial charge in [-0.25, -0.2) is 4.39 Å². The zero-order chi connectivity index (χ0) is 19.7. The van der Waals surface area contributed by atoms with Crippen molar-refractivity contribution in [1.82, 2.24) is 14.7 Å². The Balaban J connectivity index is 1.43. The number of rotatable bonds is 4. The monoisotopic (exact) mass is 397 g/mol. The quantitative estimate of drug-likeness (QED) is 0.640. The van der Waals surface area contributed by atoms with E-state index in [0.29, 0.717) is 17.2 Å². The molecule has 6 heteroatoms. The molecule has 1 aliphatic heterocycles. The minimum absolute atomic E-state index is 0.0183. The Morgan fingerprint density at radius 3 is 2.71 bits per heavy atom. The highest BCUT2D eigenvalue weighted by Crippen LogP contribution is 2.26. The molecule has 146 valence electrons. The molecule has 1 aromatic carbocycles. The molecule has 0 aliphatic carbocycles. The van der Waals surface area contributed by atoms with Crippen LogP contribution >= 0.6 is 11.3 Å². The molecule has 0 spiro atoms. The molecule has 0 atom stereocenters. The number of nitrogens with zero attached hydrogens (tertiary/aromatic N) is 3. The average Bonchev–Trinajstić information content (AvgIpc) is 3.34. The molecule has 0 unspecified atom stereocenters. The van der Waals surface area contributed by atoms with Gasteiger partial charge in [0.15, 0.2) is 5.69 Å². The number of aryl methyl sites for hydroxylation is 2. The summed E-state index contributed by atoms with van der Waals surface area (Å²) in [5.74, 6) is 0.395. The molecule has 1 amide bonds. The fourth-order valence-corrected chi connectivity index (χ4v) is 4.68. The third kappa shape index (κ3) is 3.87. The molecule has 0 radical (unpaired) electrons. The summed E-state index contributed by atoms with van der Waals surface area (Å²) in [5, 5.41) is 6.55. The summed E-state index contributed by atoms with van der Waals surface area (Å²) in [7, 11) is 1.82. The summed E-state index contributed by atoms with van der Waals surface area (Å²) >= 11 is 1.81. The second-order valence-electron chi connectivity index (χ2n) is 7.52. The molecule has 4 rings (SSSR count). The molecule has 0 bridgehead atoms. The van der Waals surface area contributed by atoms with E-state index in [1.807, 2.05) is 29.4 Å². The van der Waals surface area contributed by atoms with E-state index in [9.17, 15) is 9.18 Å². The smallest absolute Gasteiger partial charge is 0.274 e. The number of hydrogen-bond acceptors (Lipinski definition) is 3. The maximum absolute atomic E-state index is 13.6. The van der Waals surface area contributed by atoms with Gasteiger partial charge in [-0.15, -0.1) is 11.3 Å². The zero-order valence-electron chi connectivity index (χ0n) is 16.2. The van der Waals surface area contributed by atoms with Crippen LogP contribution in [0.25, 0.3) is 11.3 Å². The van der Waals surface area contributed by atoms with Gasteiger partial charge >= 0.3 is 0 Å². The first kappa shape index (κ1) is 18.9. The molecule has 28 heavy (non-hydrogen) atoms. The summed E-state index contributed by atoms with van der Waals surface area (Å²) < 4.78 is 15.3. The molecular weight excluding hydrogens is 373 g/mol. The van der Waals surface area contributed by atoms with Gasteiger partial charge in [0.2, 0.25) is 0 Å². The van der Waals surface area contributed by atoms with Crippen molar-refractivity contribution in [3.63, 3.8) is 0 Å². The van der Waals surface area contributed by atoms with E-state index in [0.717, 1.165) is 43.6 Å². The van der Waals surface area contributed by atoms with E-state index < -0.39 is 0 Å². The number of halogens is 1. The Morgan fingerprint density at radius 2 is 2.04 bits per heavy atom. The van der Waals surface area contributed by atoms with E-state index >= 15 is 0 Å². The number of aromatic nitrogens is 2. The van der Waals surface area contributed by atoms with Crippen molar-refractivity contribution in [2.24, 2.45) is 13.0 Å². The maximum atomic E-state index is 13.6. The summed E-state index contributed by atoms with van der Waals surface area (Å²) in [6.07, 6.45) is 3.17. The van der Waals surface area contributed by atoms with Crippen molar-refractivity contribution < 1.29 is 9.18 Å². The lowest BCUT2D eigenvalue weighted by molar-refractivity contribution is 0.0684. The first-order chi connectivity index (χ1) is 13.5. The van der Waals surface area contributed by atoms with Gasteiger partial charge in [-0.1, -0.05) is 6.07 Å². The van der Waals surface area contributed by atoms with E-state index in [1.165, 1.54) is 10.9 Å². The van der Waals surface area contributed by atoms with E-state index in [4.69, 9.17) is 0 Å². The van der Waals surface area contributed by atoms with Crippen molar-refractivity contribution in [3.05, 3.63) is 63.7 Å². The average molecular weight is 398 g/mol. The Hall–Kier alpha value is -2.47. The second kappa shape index (κ2) is 7.87. The number of thiophene rings is 1. The van der Waals surface area contributed by atoms with Crippen molar-refractivity contribution in [1.29, 1.82) is 0 Å². The van der Waals surface area contributed by atoms with Crippen molar-refractivity contribution in [2.45, 2.75) is 26.2 Å². The predicted octanol–water partition coefficient (Wildman–Crippen LogP) is 4.69. The first-order valence-corrected chi connectivity index (χ1v) is 10.5. The Kier molecular flexibility index (Phi) is 5.31. The molecule has 2 aromatic heterocycles. The number of benzene rings is 1. The van der Waals surface area contributed by atoms with Gasteiger partial charge in [-0.3, -0.25) is 9.48 Å². The zero-order valence-corrected chi connectivity index (χ0v) is 17.0. The summed E-state index contributed by atoms with van der Waals surface area (Å²) in [5.41, 5.74) is 2.72. The topological polar surface area (TPSA) is 38.1 Å². The van der Waals surface area contributed by atoms with Gasteiger partial charge < -0.3 is 4.90 Å². The van der Waals surface area contributed by atoms with Gasteiger partial charge in [0.05, 0.1) is 5.69 Å². The normalized spacial score (nSPS) is 15.2. The third-order valence-electron chi connectivity index (χ3n) is 5.52. The van der Waals surface area contributed by atoms with Crippen molar-refractivity contribution in [3.8, 4) is 11.3 Å². The fourth-order valence-electron chi connectivity index (χ4n) is 3.86. The lowest BCUT2D eigenvalue weighted by atomic mass is 9.93. The number of piperidine rings is 1. The van der Waals surface area contributed by atoms with Gasteiger partial charge in [0.1, 0.15) is 5.82 Å². The third-order valence-corrected chi connectivity index (χ3v) is 6.42. The van der Waals surface area contributed by atoms with Crippen molar-refractivity contribution >= 4 is 17.2 Å². The van der Waals surface area contributed by atoms with Crippen LogP contribution < -0.4 is 0 Å². The second-order valence-corrected chi connectivity index (χ2v) is 8.55. The standard InChI is InChI=1S/C22H24FN3OS/c1-15-12-17(5-6-19(15)23)21-14-20(24-25(21)2)22(27)26-9-7-16(8-10-26)13-18-4-3-11-28-18/h3-6,11-12,14,16H,7-10,13H2,1-2H3. The fraction of sp³-hybridized carbons (Fsp3) is 0.364. The van der Waals surface area contributed by atoms with E-state index in [2.05, 4.69) is 22.6 Å². The van der Waals surface area contributed by atoms with Crippen LogP contribution in [-0.2, 0) is 13.5 Å². The summed E-state index contributed by atoms with van der Waals surface area (Å²) in [6.45, 7) is 3.29. The molecule has 1 saturated heterocycles. The largest absolute Gasteiger partial charge is 0.337 e. The van der Waals surface area contributed by atoms with Crippen LogP contribution in [0.2, 0.25) is 0 Å². The van der Waals surface area contributed by atoms with Crippen LogP contribution in [0.5, 0.6) is 0 Å². The SMILES string of the molecule is Cc1cc(-c2cc(C(=O)N3CCC(Cc4cccs4)CC3)nn2C)ccc1F. The Labute approximate surface area is 168 Å². The summed E-state index contributed by atoms with van der Waals surface area (Å²) in [4.78, 5) is 16.3. The molecule has 0 saturated carbocycles. The highest BCUT2D eigenvalue weighted by molar-refractivity contribution is 7.09. The lowest BCUT2D eigenvalue weighted by Crippen LogP contribution is -2.39. The highest BCUT2D eigenvalue weighted by Gasteiger charge is 2.26. The van der Waals surface area contributed by atoms with Gasteiger partial charge in [0.25, 0.3) is 5.91 Å². The van der Waals surface area contributed by atoms with Crippen LogP contribution in [0.1, 0.15) is 33.8 Å². The van der Waals surface area contributed by atoms with Crippen LogP contribution in [0.15, 0.2) is 41.8 Å².